The summed E-state index contributed by atoms with van der Waals surface area (Å²) in [5, 5.41) is 8.85. The average molecular weight is 277 g/mol. The number of anilines is 1. The summed E-state index contributed by atoms with van der Waals surface area (Å²) in [5.74, 6) is 1.01. The fraction of sp³-hybridized carbons (Fsp3) is 0.643. The van der Waals surface area contributed by atoms with Crippen LogP contribution in [0.3, 0.4) is 0 Å². The van der Waals surface area contributed by atoms with E-state index in [4.69, 9.17) is 9.84 Å². The third-order valence-corrected chi connectivity index (χ3v) is 4.29. The summed E-state index contributed by atoms with van der Waals surface area (Å²) in [7, 11) is 0. The van der Waals surface area contributed by atoms with Gasteiger partial charge in [-0.3, -0.25) is 0 Å². The zero-order valence-electron chi connectivity index (χ0n) is 11.4. The van der Waals surface area contributed by atoms with Gasteiger partial charge in [-0.25, -0.2) is 14.8 Å². The van der Waals surface area contributed by atoms with Gasteiger partial charge in [0.15, 0.2) is 5.69 Å². The maximum absolute atomic E-state index is 10.8. The van der Waals surface area contributed by atoms with Crippen LogP contribution in [0, 0.1) is 11.8 Å². The summed E-state index contributed by atoms with van der Waals surface area (Å²) >= 11 is 0. The first-order chi connectivity index (χ1) is 9.74. The molecular weight excluding hydrogens is 258 g/mol. The van der Waals surface area contributed by atoms with Gasteiger partial charge in [-0.1, -0.05) is 19.3 Å². The molecule has 1 aliphatic carbocycles. The lowest BCUT2D eigenvalue weighted by molar-refractivity contribution is 0.0690. The van der Waals surface area contributed by atoms with Crippen LogP contribution in [0.15, 0.2) is 12.4 Å². The molecule has 1 aromatic heterocycles. The van der Waals surface area contributed by atoms with Gasteiger partial charge in [-0.05, 0) is 5.92 Å². The fourth-order valence-corrected chi connectivity index (χ4v) is 2.84. The molecule has 1 saturated heterocycles. The Morgan fingerprint density at radius 3 is 2.75 bits per heavy atom. The minimum Gasteiger partial charge on any atom is -0.476 e. The molecule has 1 atom stereocenters. The van der Waals surface area contributed by atoms with Crippen molar-refractivity contribution < 1.29 is 14.6 Å². The van der Waals surface area contributed by atoms with Crippen LogP contribution in [0.4, 0.5) is 5.82 Å². The predicted octanol–water partition coefficient (Wildman–Crippen LogP) is 1.43. The molecular formula is C14H19N3O3. The highest BCUT2D eigenvalue weighted by molar-refractivity contribution is 5.84. The molecule has 6 heteroatoms. The molecule has 1 aromatic rings. The van der Waals surface area contributed by atoms with Crippen LogP contribution in [0.2, 0.25) is 0 Å². The van der Waals surface area contributed by atoms with Gasteiger partial charge >= 0.3 is 5.97 Å². The van der Waals surface area contributed by atoms with Crippen molar-refractivity contribution in [1.29, 1.82) is 0 Å². The zero-order chi connectivity index (χ0) is 13.9. The lowest BCUT2D eigenvalue weighted by atomic mass is 9.76. The second-order valence-electron chi connectivity index (χ2n) is 5.54. The van der Waals surface area contributed by atoms with Gasteiger partial charge in [0.05, 0.1) is 25.6 Å². The first kappa shape index (κ1) is 13.3. The summed E-state index contributed by atoms with van der Waals surface area (Å²) in [6, 6.07) is 0. The molecule has 0 spiro atoms. The third-order valence-electron chi connectivity index (χ3n) is 4.29. The quantitative estimate of drug-likeness (QED) is 0.900. The number of carboxylic acids is 1. The van der Waals surface area contributed by atoms with Gasteiger partial charge in [-0.2, -0.15) is 0 Å². The van der Waals surface area contributed by atoms with Crippen molar-refractivity contribution in [2.45, 2.75) is 19.3 Å². The number of aromatic carboxylic acids is 1. The number of rotatable bonds is 3. The smallest absolute Gasteiger partial charge is 0.356 e. The van der Waals surface area contributed by atoms with Crippen LogP contribution in [-0.2, 0) is 4.74 Å². The predicted molar refractivity (Wildman–Crippen MR) is 72.9 cm³/mol. The van der Waals surface area contributed by atoms with E-state index in [0.29, 0.717) is 12.5 Å². The van der Waals surface area contributed by atoms with E-state index in [-0.39, 0.29) is 5.69 Å². The summed E-state index contributed by atoms with van der Waals surface area (Å²) in [4.78, 5) is 21.1. The van der Waals surface area contributed by atoms with E-state index in [2.05, 4.69) is 14.9 Å². The number of hydrogen-bond donors (Lipinski definition) is 1. The SMILES string of the molecule is O=C(O)c1cnc(N2CCOCC(C3CCC3)C2)cn1. The Morgan fingerprint density at radius 2 is 2.15 bits per heavy atom. The molecule has 1 N–H and O–H groups in total. The number of aromatic nitrogens is 2. The van der Waals surface area contributed by atoms with E-state index in [1.807, 2.05) is 0 Å². The number of carboxylic acid groups (broad SMARTS) is 1. The van der Waals surface area contributed by atoms with Crippen molar-refractivity contribution in [2.75, 3.05) is 31.2 Å². The highest BCUT2D eigenvalue weighted by Crippen LogP contribution is 2.35. The van der Waals surface area contributed by atoms with E-state index in [1.165, 1.54) is 25.5 Å². The Morgan fingerprint density at radius 1 is 1.30 bits per heavy atom. The van der Waals surface area contributed by atoms with Crippen LogP contribution in [0.5, 0.6) is 0 Å². The minimum absolute atomic E-state index is 0.0182. The summed E-state index contributed by atoms with van der Waals surface area (Å²) < 4.78 is 5.69. The largest absolute Gasteiger partial charge is 0.476 e. The van der Waals surface area contributed by atoms with Gasteiger partial charge in [0.2, 0.25) is 0 Å². The normalized spacial score (nSPS) is 24.0. The molecule has 2 fully saturated rings. The highest BCUT2D eigenvalue weighted by Gasteiger charge is 2.30. The van der Waals surface area contributed by atoms with Gasteiger partial charge in [0.25, 0.3) is 0 Å². The molecule has 0 amide bonds. The van der Waals surface area contributed by atoms with Crippen LogP contribution < -0.4 is 4.90 Å². The Hall–Kier alpha value is -1.69. The van der Waals surface area contributed by atoms with Gasteiger partial charge in [0.1, 0.15) is 5.82 Å². The average Bonchev–Trinajstić information content (AvgIpc) is 2.63. The Labute approximate surface area is 117 Å². The first-order valence-electron chi connectivity index (χ1n) is 7.12. The first-order valence-corrected chi connectivity index (χ1v) is 7.12. The highest BCUT2D eigenvalue weighted by atomic mass is 16.5. The molecule has 1 saturated carbocycles. The molecule has 2 aliphatic rings. The van der Waals surface area contributed by atoms with Gasteiger partial charge < -0.3 is 14.7 Å². The summed E-state index contributed by atoms with van der Waals surface area (Å²) in [5.41, 5.74) is -0.0182. The van der Waals surface area contributed by atoms with Crippen molar-refractivity contribution >= 4 is 11.8 Å². The van der Waals surface area contributed by atoms with E-state index in [0.717, 1.165) is 31.4 Å². The molecule has 2 heterocycles. The topological polar surface area (TPSA) is 75.5 Å². The van der Waals surface area contributed by atoms with Crippen molar-refractivity contribution in [1.82, 2.24) is 9.97 Å². The molecule has 3 rings (SSSR count). The molecule has 20 heavy (non-hydrogen) atoms. The standard InChI is InChI=1S/C14H19N3O3/c18-14(19)12-6-16-13(7-15-12)17-4-5-20-9-11(8-17)10-2-1-3-10/h6-7,10-11H,1-5,8-9H2,(H,18,19). The lowest BCUT2D eigenvalue weighted by Gasteiger charge is -2.35. The second-order valence-corrected chi connectivity index (χ2v) is 5.54. The maximum Gasteiger partial charge on any atom is 0.356 e. The van der Waals surface area contributed by atoms with Crippen LogP contribution in [-0.4, -0.2) is 47.3 Å². The Bertz CT molecular complexity index is 473. The van der Waals surface area contributed by atoms with Gasteiger partial charge in [-0.15, -0.1) is 0 Å². The molecule has 1 aliphatic heterocycles. The molecule has 0 bridgehead atoms. The Kier molecular flexibility index (Phi) is 3.82. The van der Waals surface area contributed by atoms with E-state index >= 15 is 0 Å². The Balaban J connectivity index is 1.71. The molecule has 1 unspecified atom stereocenters. The van der Waals surface area contributed by atoms with Crippen LogP contribution in [0.1, 0.15) is 29.8 Å². The van der Waals surface area contributed by atoms with Crippen molar-refractivity contribution in [3.05, 3.63) is 18.1 Å². The van der Waals surface area contributed by atoms with E-state index in [9.17, 15) is 4.79 Å². The molecule has 108 valence electrons. The lowest BCUT2D eigenvalue weighted by Crippen LogP contribution is -2.36. The number of hydrogen-bond acceptors (Lipinski definition) is 5. The number of nitrogens with zero attached hydrogens (tertiary/aromatic N) is 3. The van der Waals surface area contributed by atoms with Gasteiger partial charge in [0, 0.05) is 19.0 Å². The van der Waals surface area contributed by atoms with Crippen LogP contribution in [0.25, 0.3) is 0 Å². The van der Waals surface area contributed by atoms with E-state index in [1.54, 1.807) is 6.20 Å². The van der Waals surface area contributed by atoms with E-state index < -0.39 is 5.97 Å². The maximum atomic E-state index is 10.8. The number of carbonyl (C=O) groups is 1. The van der Waals surface area contributed by atoms with Crippen molar-refractivity contribution in [3.63, 3.8) is 0 Å². The van der Waals surface area contributed by atoms with Crippen LogP contribution >= 0.6 is 0 Å². The summed E-state index contributed by atoms with van der Waals surface area (Å²) in [6.45, 7) is 3.21. The molecule has 0 radical (unpaired) electrons. The zero-order valence-corrected chi connectivity index (χ0v) is 11.4. The van der Waals surface area contributed by atoms with Crippen molar-refractivity contribution in [2.24, 2.45) is 11.8 Å². The van der Waals surface area contributed by atoms with Crippen molar-refractivity contribution in [3.8, 4) is 0 Å². The third kappa shape index (κ3) is 2.75. The molecule has 0 aromatic carbocycles. The second kappa shape index (κ2) is 5.75. The summed E-state index contributed by atoms with van der Waals surface area (Å²) in [6.07, 6.45) is 6.79. The monoisotopic (exact) mass is 277 g/mol. The number of ether oxygens (including phenoxy) is 1. The minimum atomic E-state index is -1.05. The fourth-order valence-electron chi connectivity index (χ4n) is 2.84. The molecule has 6 nitrogen and oxygen atoms in total.